The number of rotatable bonds is 4. The molecule has 1 aliphatic heterocycles. The maximum Gasteiger partial charge on any atom is 0.207 e. The van der Waals surface area contributed by atoms with Gasteiger partial charge in [0.15, 0.2) is 0 Å². The monoisotopic (exact) mass is 355 g/mol. The summed E-state index contributed by atoms with van der Waals surface area (Å²) in [5.41, 5.74) is 5.27. The standard InChI is InChI=1S/C17H15FN2O.C3H7NO/c1-2-21-11-4-5-12-16(8-11)19-9-14-13-7-10(18)3-6-15(13)20-17(12)14;1-2-4-3-5/h3-8,19-20H,2,9H2,1H3;3H,2H2,1H3,(H,4,5). The first-order valence-corrected chi connectivity index (χ1v) is 8.66. The Labute approximate surface area is 151 Å². The molecule has 0 unspecified atom stereocenters. The third kappa shape index (κ3) is 3.49. The van der Waals surface area contributed by atoms with E-state index >= 15 is 0 Å². The van der Waals surface area contributed by atoms with Crippen LogP contribution >= 0.6 is 0 Å². The largest absolute Gasteiger partial charge is 0.494 e. The van der Waals surface area contributed by atoms with Crippen molar-refractivity contribution >= 4 is 23.0 Å². The molecule has 0 saturated carbocycles. The Morgan fingerprint density at radius 2 is 2.08 bits per heavy atom. The van der Waals surface area contributed by atoms with Crippen molar-refractivity contribution in [1.82, 2.24) is 10.3 Å². The second-order valence-corrected chi connectivity index (χ2v) is 5.84. The van der Waals surface area contributed by atoms with Crippen LogP contribution in [0.4, 0.5) is 10.1 Å². The van der Waals surface area contributed by atoms with Crippen LogP contribution in [0.1, 0.15) is 19.4 Å². The zero-order valence-corrected chi connectivity index (χ0v) is 14.9. The first-order chi connectivity index (χ1) is 12.7. The Kier molecular flexibility index (Phi) is 5.41. The van der Waals surface area contributed by atoms with Gasteiger partial charge in [-0.15, -0.1) is 0 Å². The number of halogens is 1. The molecule has 4 rings (SSSR count). The number of anilines is 1. The highest BCUT2D eigenvalue weighted by atomic mass is 19.1. The second-order valence-electron chi connectivity index (χ2n) is 5.84. The number of carbonyl (C=O) groups excluding carboxylic acids is 1. The summed E-state index contributed by atoms with van der Waals surface area (Å²) in [6.45, 7) is 5.90. The highest BCUT2D eigenvalue weighted by molar-refractivity contribution is 5.95. The molecule has 0 fully saturated rings. The van der Waals surface area contributed by atoms with Gasteiger partial charge in [-0.1, -0.05) is 0 Å². The second kappa shape index (κ2) is 7.91. The summed E-state index contributed by atoms with van der Waals surface area (Å²) in [4.78, 5) is 12.7. The topological polar surface area (TPSA) is 66.2 Å². The third-order valence-corrected chi connectivity index (χ3v) is 4.18. The summed E-state index contributed by atoms with van der Waals surface area (Å²) in [6, 6.07) is 10.9. The smallest absolute Gasteiger partial charge is 0.207 e. The van der Waals surface area contributed by atoms with Crippen molar-refractivity contribution in [3.8, 4) is 17.0 Å². The fraction of sp³-hybridized carbons (Fsp3) is 0.250. The molecule has 3 aromatic rings. The van der Waals surface area contributed by atoms with Crippen LogP contribution in [-0.4, -0.2) is 24.5 Å². The van der Waals surface area contributed by atoms with Crippen molar-refractivity contribution in [2.24, 2.45) is 0 Å². The number of H-pyrrole nitrogens is 1. The molecule has 2 heterocycles. The number of aromatic amines is 1. The molecule has 26 heavy (non-hydrogen) atoms. The van der Waals surface area contributed by atoms with Crippen LogP contribution in [0.3, 0.4) is 0 Å². The van der Waals surface area contributed by atoms with Crippen molar-refractivity contribution in [3.05, 3.63) is 47.8 Å². The Morgan fingerprint density at radius 3 is 2.77 bits per heavy atom. The number of aromatic nitrogens is 1. The van der Waals surface area contributed by atoms with Crippen LogP contribution in [0, 0.1) is 5.82 Å². The number of benzene rings is 2. The van der Waals surface area contributed by atoms with Crippen molar-refractivity contribution in [2.75, 3.05) is 18.5 Å². The number of carbonyl (C=O) groups is 1. The molecule has 0 radical (unpaired) electrons. The van der Waals surface area contributed by atoms with E-state index in [2.05, 4.69) is 15.6 Å². The van der Waals surface area contributed by atoms with Crippen LogP contribution in [0.2, 0.25) is 0 Å². The van der Waals surface area contributed by atoms with Gasteiger partial charge in [0.05, 0.1) is 12.3 Å². The average Bonchev–Trinajstić information content (AvgIpc) is 3.01. The number of fused-ring (bicyclic) bond motifs is 5. The lowest BCUT2D eigenvalue weighted by Crippen LogP contribution is -2.08. The molecular weight excluding hydrogens is 333 g/mol. The predicted molar refractivity (Wildman–Crippen MR) is 102 cm³/mol. The van der Waals surface area contributed by atoms with E-state index in [9.17, 15) is 9.18 Å². The molecule has 5 nitrogen and oxygen atoms in total. The van der Waals surface area contributed by atoms with Crippen LogP contribution in [0.25, 0.3) is 22.2 Å². The highest BCUT2D eigenvalue weighted by Crippen LogP contribution is 2.40. The molecule has 6 heteroatoms. The molecule has 2 aromatic carbocycles. The van der Waals surface area contributed by atoms with Crippen molar-refractivity contribution in [3.63, 3.8) is 0 Å². The summed E-state index contributed by atoms with van der Waals surface area (Å²) < 4.78 is 19.0. The average molecular weight is 355 g/mol. The number of nitrogens with one attached hydrogen (secondary N) is 3. The lowest BCUT2D eigenvalue weighted by atomic mass is 9.99. The zero-order chi connectivity index (χ0) is 18.5. The van der Waals surface area contributed by atoms with E-state index in [-0.39, 0.29) is 5.82 Å². The van der Waals surface area contributed by atoms with Crippen LogP contribution in [0.5, 0.6) is 5.75 Å². The van der Waals surface area contributed by atoms with Gasteiger partial charge >= 0.3 is 0 Å². The highest BCUT2D eigenvalue weighted by Gasteiger charge is 2.21. The first kappa shape index (κ1) is 17.8. The van der Waals surface area contributed by atoms with Gasteiger partial charge in [-0.2, -0.15) is 0 Å². The van der Waals surface area contributed by atoms with E-state index in [1.165, 1.54) is 6.07 Å². The minimum absolute atomic E-state index is 0.207. The quantitative estimate of drug-likeness (QED) is 0.619. The third-order valence-electron chi connectivity index (χ3n) is 4.18. The predicted octanol–water partition coefficient (Wildman–Crippen LogP) is 4.05. The van der Waals surface area contributed by atoms with E-state index in [4.69, 9.17) is 4.74 Å². The SMILES string of the molecule is CCNC=O.CCOc1ccc2c(c1)NCc1c-2[nH]c2ccc(F)cc12. The lowest BCUT2D eigenvalue weighted by molar-refractivity contribution is -0.109. The zero-order valence-electron chi connectivity index (χ0n) is 14.9. The Morgan fingerprint density at radius 1 is 1.23 bits per heavy atom. The van der Waals surface area contributed by atoms with E-state index < -0.39 is 0 Å². The van der Waals surface area contributed by atoms with E-state index in [0.717, 1.165) is 45.7 Å². The van der Waals surface area contributed by atoms with Gasteiger partial charge in [-0.25, -0.2) is 4.39 Å². The van der Waals surface area contributed by atoms with Gasteiger partial charge in [0.2, 0.25) is 6.41 Å². The Hall–Kier alpha value is -3.02. The molecule has 1 amide bonds. The van der Waals surface area contributed by atoms with Gasteiger partial charge in [-0.05, 0) is 44.2 Å². The first-order valence-electron chi connectivity index (χ1n) is 8.66. The lowest BCUT2D eigenvalue weighted by Gasteiger charge is -2.19. The number of hydrogen-bond donors (Lipinski definition) is 3. The van der Waals surface area contributed by atoms with Crippen LogP contribution in [-0.2, 0) is 11.3 Å². The van der Waals surface area contributed by atoms with Crippen molar-refractivity contribution < 1.29 is 13.9 Å². The van der Waals surface area contributed by atoms with Crippen LogP contribution < -0.4 is 15.4 Å². The summed E-state index contributed by atoms with van der Waals surface area (Å²) in [6.07, 6.45) is 0.681. The van der Waals surface area contributed by atoms with Crippen molar-refractivity contribution in [1.29, 1.82) is 0 Å². The molecule has 1 aliphatic rings. The number of amides is 1. The fourth-order valence-corrected chi connectivity index (χ4v) is 3.04. The summed E-state index contributed by atoms with van der Waals surface area (Å²) in [5, 5.41) is 6.77. The Balaban J connectivity index is 0.000000349. The summed E-state index contributed by atoms with van der Waals surface area (Å²) in [7, 11) is 0. The maximum absolute atomic E-state index is 13.5. The Bertz CT molecular complexity index is 921. The van der Waals surface area contributed by atoms with Gasteiger partial charge in [0.25, 0.3) is 0 Å². The fourth-order valence-electron chi connectivity index (χ4n) is 3.04. The number of hydrogen-bond acceptors (Lipinski definition) is 3. The van der Waals surface area contributed by atoms with E-state index in [1.54, 1.807) is 12.1 Å². The molecule has 1 aromatic heterocycles. The molecular formula is C20H22FN3O2. The molecule has 0 saturated heterocycles. The van der Waals surface area contributed by atoms with Crippen molar-refractivity contribution in [2.45, 2.75) is 20.4 Å². The molecule has 0 bridgehead atoms. The van der Waals surface area contributed by atoms with Gasteiger partial charge in [-0.3, -0.25) is 4.79 Å². The van der Waals surface area contributed by atoms with Gasteiger partial charge < -0.3 is 20.4 Å². The summed E-state index contributed by atoms with van der Waals surface area (Å²) in [5.74, 6) is 0.649. The summed E-state index contributed by atoms with van der Waals surface area (Å²) >= 11 is 0. The molecule has 0 spiro atoms. The molecule has 136 valence electrons. The van der Waals surface area contributed by atoms with E-state index in [0.29, 0.717) is 19.6 Å². The molecule has 0 aliphatic carbocycles. The van der Waals surface area contributed by atoms with Gasteiger partial charge in [0, 0.05) is 46.9 Å². The van der Waals surface area contributed by atoms with E-state index in [1.807, 2.05) is 32.0 Å². The number of ether oxygens (including phenoxy) is 1. The maximum atomic E-state index is 13.5. The molecule has 3 N–H and O–H groups in total. The minimum atomic E-state index is -0.207. The minimum Gasteiger partial charge on any atom is -0.494 e. The van der Waals surface area contributed by atoms with Crippen LogP contribution in [0.15, 0.2) is 36.4 Å². The normalized spacial score (nSPS) is 11.5. The molecule has 0 atom stereocenters. The van der Waals surface area contributed by atoms with Gasteiger partial charge in [0.1, 0.15) is 11.6 Å².